The van der Waals surface area contributed by atoms with Gasteiger partial charge in [-0.25, -0.2) is 4.79 Å². The molecule has 0 saturated heterocycles. The van der Waals surface area contributed by atoms with E-state index in [1.54, 1.807) is 0 Å². The number of aliphatic carboxylic acids is 1. The summed E-state index contributed by atoms with van der Waals surface area (Å²) in [5.41, 5.74) is 7.99. The zero-order chi connectivity index (χ0) is 12.2. The number of hydrogen-bond donors (Lipinski definition) is 6. The van der Waals surface area contributed by atoms with Gasteiger partial charge in [-0.05, 0) is 0 Å². The Bertz CT molecular complexity index is 287. The number of aliphatic hydroxyl groups excluding tert-OH is 5. The SMILES string of the molecule is [N-]=[N+]=C(O)[C@@H](O)[C@@H](O)[C@H](O)[C@@H](O)C(=O)O. The summed E-state index contributed by atoms with van der Waals surface area (Å²) in [7, 11) is 0. The minimum absolute atomic E-state index is 1.32. The van der Waals surface area contributed by atoms with Crippen molar-refractivity contribution in [2.24, 2.45) is 0 Å². The zero-order valence-corrected chi connectivity index (χ0v) is 7.30. The number of carbonyl (C=O) groups is 1. The zero-order valence-electron chi connectivity index (χ0n) is 7.30. The van der Waals surface area contributed by atoms with Gasteiger partial charge in [0.1, 0.15) is 12.2 Å². The van der Waals surface area contributed by atoms with Crippen LogP contribution in [0.2, 0.25) is 0 Å². The Morgan fingerprint density at radius 2 is 1.40 bits per heavy atom. The normalized spacial score (nSPS) is 18.4. The van der Waals surface area contributed by atoms with Crippen molar-refractivity contribution >= 4 is 11.9 Å². The van der Waals surface area contributed by atoms with E-state index >= 15 is 0 Å². The molecule has 0 aromatic rings. The van der Waals surface area contributed by atoms with Crippen LogP contribution in [0.4, 0.5) is 0 Å². The lowest BCUT2D eigenvalue weighted by Crippen LogP contribution is -2.50. The summed E-state index contributed by atoms with van der Waals surface area (Å²) in [5, 5.41) is 52.6. The lowest BCUT2D eigenvalue weighted by atomic mass is 10.0. The smallest absolute Gasteiger partial charge is 0.479 e. The molecule has 0 aliphatic carbocycles. The molecule has 0 aromatic heterocycles. The fourth-order valence-corrected chi connectivity index (χ4v) is 0.732. The van der Waals surface area contributed by atoms with E-state index in [1.165, 1.54) is 0 Å². The minimum Gasteiger partial charge on any atom is -0.479 e. The molecule has 86 valence electrons. The maximum absolute atomic E-state index is 10.2. The van der Waals surface area contributed by atoms with E-state index in [0.29, 0.717) is 0 Å². The summed E-state index contributed by atoms with van der Waals surface area (Å²) in [4.78, 5) is 12.3. The van der Waals surface area contributed by atoms with Crippen LogP contribution in [0.3, 0.4) is 0 Å². The number of hydrogen-bond acceptors (Lipinski definition) is 5. The fraction of sp³-hybridized carbons (Fsp3) is 0.667. The van der Waals surface area contributed by atoms with E-state index < -0.39 is 36.3 Å². The first-order chi connectivity index (χ1) is 6.82. The van der Waals surface area contributed by atoms with Gasteiger partial charge in [0.25, 0.3) is 0 Å². The van der Waals surface area contributed by atoms with Gasteiger partial charge in [0.15, 0.2) is 6.10 Å². The number of carboxylic acids is 1. The second kappa shape index (κ2) is 5.39. The Morgan fingerprint density at radius 1 is 1.00 bits per heavy atom. The summed E-state index contributed by atoms with van der Waals surface area (Å²) < 4.78 is 0. The molecule has 9 heteroatoms. The van der Waals surface area contributed by atoms with Crippen LogP contribution in [0.1, 0.15) is 0 Å². The number of nitrogens with zero attached hydrogens (tertiary/aromatic N) is 2. The maximum Gasteiger partial charge on any atom is 0.479 e. The first-order valence-electron chi connectivity index (χ1n) is 3.69. The molecule has 0 saturated carbocycles. The first kappa shape index (κ1) is 13.5. The first-order valence-corrected chi connectivity index (χ1v) is 3.69. The molecule has 0 aliphatic rings. The third-order valence-corrected chi connectivity index (χ3v) is 1.62. The second-order valence-corrected chi connectivity index (χ2v) is 2.67. The Labute approximate surface area is 83.1 Å². The number of carboxylic acid groups (broad SMARTS) is 1. The van der Waals surface area contributed by atoms with E-state index in [9.17, 15) is 4.79 Å². The van der Waals surface area contributed by atoms with Gasteiger partial charge < -0.3 is 36.2 Å². The molecule has 0 unspecified atom stereocenters. The molecule has 0 bridgehead atoms. The lowest BCUT2D eigenvalue weighted by Gasteiger charge is -2.20. The summed E-state index contributed by atoms with van der Waals surface area (Å²) in [6.07, 6.45) is -9.02. The van der Waals surface area contributed by atoms with Crippen molar-refractivity contribution in [1.29, 1.82) is 0 Å². The summed E-state index contributed by atoms with van der Waals surface area (Å²) in [5.74, 6) is -3.15. The van der Waals surface area contributed by atoms with Gasteiger partial charge in [-0.2, -0.15) is 0 Å². The summed E-state index contributed by atoms with van der Waals surface area (Å²) in [6, 6.07) is 0. The van der Waals surface area contributed by atoms with E-state index in [0.717, 1.165) is 0 Å². The molecule has 0 spiro atoms. The summed E-state index contributed by atoms with van der Waals surface area (Å²) >= 11 is 0. The van der Waals surface area contributed by atoms with Crippen LogP contribution < -0.4 is 0 Å². The van der Waals surface area contributed by atoms with Gasteiger partial charge in [-0.1, -0.05) is 0 Å². The molecule has 9 nitrogen and oxygen atoms in total. The topological polar surface area (TPSA) is 175 Å². The van der Waals surface area contributed by atoms with Gasteiger partial charge in [-0.3, -0.25) is 0 Å². The monoisotopic (exact) mass is 222 g/mol. The standard InChI is InChI=1S/C6H10N2O7/c7-8-5(13)3(11)1(9)2(10)4(12)6(14)15/h1-4,9-13H,(H,14,15)/t1-,2-,3-,4+/m0/s1. The average molecular weight is 222 g/mol. The predicted molar refractivity (Wildman–Crippen MR) is 42.9 cm³/mol. The van der Waals surface area contributed by atoms with Gasteiger partial charge in [0.2, 0.25) is 6.10 Å². The lowest BCUT2D eigenvalue weighted by molar-refractivity contribution is -0.162. The minimum atomic E-state index is -2.35. The number of rotatable bonds is 5. The van der Waals surface area contributed by atoms with Crippen molar-refractivity contribution in [2.75, 3.05) is 0 Å². The molecule has 0 aliphatic heterocycles. The third-order valence-electron chi connectivity index (χ3n) is 1.62. The largest absolute Gasteiger partial charge is 0.479 e. The Kier molecular flexibility index (Phi) is 4.85. The van der Waals surface area contributed by atoms with Crippen LogP contribution in [0.15, 0.2) is 0 Å². The number of aliphatic hydroxyl groups is 5. The maximum atomic E-state index is 10.2. The molecule has 0 fully saturated rings. The molecule has 0 amide bonds. The van der Waals surface area contributed by atoms with Crippen LogP contribution in [-0.2, 0) is 4.79 Å². The molecular formula is C6H10N2O7. The van der Waals surface area contributed by atoms with E-state index in [1.807, 2.05) is 0 Å². The molecule has 15 heavy (non-hydrogen) atoms. The van der Waals surface area contributed by atoms with Crippen LogP contribution in [-0.4, -0.2) is 71.7 Å². The molecule has 0 aromatic carbocycles. The quantitative estimate of drug-likeness (QED) is 0.122. The highest BCUT2D eigenvalue weighted by molar-refractivity contribution is 5.75. The van der Waals surface area contributed by atoms with E-state index in [4.69, 9.17) is 36.2 Å². The van der Waals surface area contributed by atoms with Crippen molar-refractivity contribution in [2.45, 2.75) is 24.4 Å². The van der Waals surface area contributed by atoms with Crippen LogP contribution in [0, 0.1) is 0 Å². The van der Waals surface area contributed by atoms with Gasteiger partial charge in [0, 0.05) is 0 Å². The molecule has 6 N–H and O–H groups in total. The molecule has 0 radical (unpaired) electrons. The second-order valence-electron chi connectivity index (χ2n) is 2.67. The van der Waals surface area contributed by atoms with Gasteiger partial charge in [-0.15, -0.1) is 4.79 Å². The Balaban J connectivity index is 4.64. The third kappa shape index (κ3) is 3.27. The van der Waals surface area contributed by atoms with Crippen LogP contribution >= 0.6 is 0 Å². The van der Waals surface area contributed by atoms with Crippen molar-refractivity contribution in [3.05, 3.63) is 5.53 Å². The Morgan fingerprint density at radius 3 is 1.73 bits per heavy atom. The molecule has 0 rings (SSSR count). The van der Waals surface area contributed by atoms with Crippen LogP contribution in [0.25, 0.3) is 5.53 Å². The fourth-order valence-electron chi connectivity index (χ4n) is 0.732. The van der Waals surface area contributed by atoms with Crippen molar-refractivity contribution in [3.8, 4) is 0 Å². The van der Waals surface area contributed by atoms with Crippen LogP contribution in [0.5, 0.6) is 0 Å². The Hall–Kier alpha value is -1.51. The van der Waals surface area contributed by atoms with Gasteiger partial charge >= 0.3 is 11.9 Å². The molecule has 0 heterocycles. The van der Waals surface area contributed by atoms with Crippen molar-refractivity contribution in [3.63, 3.8) is 0 Å². The highest BCUT2D eigenvalue weighted by Gasteiger charge is 2.39. The average Bonchev–Trinajstić information content (AvgIpc) is 2.23. The summed E-state index contributed by atoms with van der Waals surface area (Å²) in [6.45, 7) is 0. The highest BCUT2D eigenvalue weighted by atomic mass is 16.4. The highest BCUT2D eigenvalue weighted by Crippen LogP contribution is 2.05. The predicted octanol–water partition coefficient (Wildman–Crippen LogP) is -3.30. The van der Waals surface area contributed by atoms with Crippen molar-refractivity contribution < 1.29 is 40.2 Å². The van der Waals surface area contributed by atoms with E-state index in [2.05, 4.69) is 4.79 Å². The van der Waals surface area contributed by atoms with E-state index in [-0.39, 0.29) is 0 Å². The van der Waals surface area contributed by atoms with Gasteiger partial charge in [0.05, 0.1) is 0 Å². The molecular weight excluding hydrogens is 212 g/mol. The molecule has 4 atom stereocenters. The van der Waals surface area contributed by atoms with Crippen molar-refractivity contribution in [1.82, 2.24) is 0 Å².